The van der Waals surface area contributed by atoms with Crippen molar-refractivity contribution in [1.29, 1.82) is 0 Å². The number of para-hydroxylation sites is 1. The second-order valence-corrected chi connectivity index (χ2v) is 3.66. The Bertz CT molecular complexity index is 572. The Morgan fingerprint density at radius 1 is 1.33 bits per heavy atom. The van der Waals surface area contributed by atoms with Crippen molar-refractivity contribution >= 4 is 11.6 Å². The number of nitrogens with zero attached hydrogens (tertiary/aromatic N) is 1. The van der Waals surface area contributed by atoms with Crippen LogP contribution in [0, 0.1) is 5.82 Å². The van der Waals surface area contributed by atoms with Crippen molar-refractivity contribution in [3.05, 3.63) is 59.7 Å². The summed E-state index contributed by atoms with van der Waals surface area (Å²) >= 11 is 0. The first kappa shape index (κ1) is 12.2. The molecule has 4 nitrogen and oxygen atoms in total. The van der Waals surface area contributed by atoms with Gasteiger partial charge in [0.25, 0.3) is 5.91 Å². The average molecular weight is 246 g/mol. The van der Waals surface area contributed by atoms with Gasteiger partial charge in [-0.25, -0.2) is 4.39 Å². The molecule has 1 aromatic carbocycles. The fourth-order valence-corrected chi connectivity index (χ4v) is 1.51. The lowest BCUT2D eigenvalue weighted by atomic mass is 10.1. The van der Waals surface area contributed by atoms with E-state index in [1.807, 2.05) is 0 Å². The van der Waals surface area contributed by atoms with Crippen molar-refractivity contribution in [2.75, 3.05) is 5.32 Å². The monoisotopic (exact) mass is 246 g/mol. The van der Waals surface area contributed by atoms with Crippen molar-refractivity contribution in [2.24, 2.45) is 0 Å². The summed E-state index contributed by atoms with van der Waals surface area (Å²) < 4.78 is 12.9. The van der Waals surface area contributed by atoms with E-state index in [-0.39, 0.29) is 12.2 Å². The number of carbonyl (C=O) groups is 1. The van der Waals surface area contributed by atoms with Crippen molar-refractivity contribution in [2.45, 2.75) is 6.61 Å². The van der Waals surface area contributed by atoms with Gasteiger partial charge in [0.05, 0.1) is 18.4 Å². The highest BCUT2D eigenvalue weighted by Crippen LogP contribution is 2.16. The zero-order chi connectivity index (χ0) is 13.0. The molecule has 1 aromatic heterocycles. The third kappa shape index (κ3) is 2.70. The zero-order valence-corrected chi connectivity index (χ0v) is 9.43. The van der Waals surface area contributed by atoms with E-state index in [2.05, 4.69) is 10.3 Å². The lowest BCUT2D eigenvalue weighted by Crippen LogP contribution is -2.13. The summed E-state index contributed by atoms with van der Waals surface area (Å²) in [6, 6.07) is 7.95. The Balaban J connectivity index is 2.21. The number of hydrogen-bond donors (Lipinski definition) is 2. The minimum Gasteiger partial charge on any atom is -0.392 e. The molecule has 18 heavy (non-hydrogen) atoms. The molecule has 0 bridgehead atoms. The molecular formula is C13H11FN2O2. The first-order valence-corrected chi connectivity index (χ1v) is 5.31. The minimum absolute atomic E-state index is 0.128. The fraction of sp³-hybridized carbons (Fsp3) is 0.0769. The molecule has 0 unspecified atom stereocenters. The Kier molecular flexibility index (Phi) is 3.64. The maximum atomic E-state index is 12.9. The molecule has 0 aliphatic rings. The van der Waals surface area contributed by atoms with E-state index in [1.165, 1.54) is 6.20 Å². The summed E-state index contributed by atoms with van der Waals surface area (Å²) in [7, 11) is 0. The van der Waals surface area contributed by atoms with E-state index in [0.29, 0.717) is 11.3 Å². The van der Waals surface area contributed by atoms with Crippen molar-refractivity contribution in [1.82, 2.24) is 4.98 Å². The van der Waals surface area contributed by atoms with Crippen LogP contribution in [-0.4, -0.2) is 16.0 Å². The summed E-state index contributed by atoms with van der Waals surface area (Å²) in [6.45, 7) is -0.183. The summed E-state index contributed by atoms with van der Waals surface area (Å²) in [4.78, 5) is 15.4. The number of amides is 1. The molecule has 0 atom stereocenters. The highest BCUT2D eigenvalue weighted by molar-refractivity contribution is 6.04. The number of halogens is 1. The Morgan fingerprint density at radius 3 is 2.83 bits per heavy atom. The standard InChI is InChI=1S/C13H11FN2O2/c14-11-5-10(6-15-7-11)13(18)16-12-4-2-1-3-9(12)8-17/h1-7,17H,8H2,(H,16,18). The molecule has 0 aliphatic heterocycles. The quantitative estimate of drug-likeness (QED) is 0.870. The van der Waals surface area contributed by atoms with E-state index in [9.17, 15) is 9.18 Å². The zero-order valence-electron chi connectivity index (χ0n) is 9.43. The molecule has 92 valence electrons. The van der Waals surface area contributed by atoms with Gasteiger partial charge < -0.3 is 10.4 Å². The molecule has 2 N–H and O–H groups in total. The van der Waals surface area contributed by atoms with Crippen molar-refractivity contribution in [3.63, 3.8) is 0 Å². The van der Waals surface area contributed by atoms with E-state index < -0.39 is 11.7 Å². The lowest BCUT2D eigenvalue weighted by Gasteiger charge is -2.08. The van der Waals surface area contributed by atoms with Gasteiger partial charge in [-0.15, -0.1) is 0 Å². The Morgan fingerprint density at radius 2 is 2.11 bits per heavy atom. The minimum atomic E-state index is -0.571. The third-order valence-corrected chi connectivity index (χ3v) is 2.40. The Hall–Kier alpha value is -2.27. The van der Waals surface area contributed by atoms with Gasteiger partial charge in [-0.1, -0.05) is 18.2 Å². The smallest absolute Gasteiger partial charge is 0.257 e. The van der Waals surface area contributed by atoms with Crippen LogP contribution in [-0.2, 0) is 6.61 Å². The number of carbonyl (C=O) groups excluding carboxylic acids is 1. The van der Waals surface area contributed by atoms with E-state index in [0.717, 1.165) is 12.3 Å². The van der Waals surface area contributed by atoms with Crippen LogP contribution >= 0.6 is 0 Å². The molecule has 0 saturated carbocycles. The number of rotatable bonds is 3. The van der Waals surface area contributed by atoms with Crippen LogP contribution in [0.1, 0.15) is 15.9 Å². The fourth-order valence-electron chi connectivity index (χ4n) is 1.51. The average Bonchev–Trinajstić information content (AvgIpc) is 2.39. The third-order valence-electron chi connectivity index (χ3n) is 2.40. The van der Waals surface area contributed by atoms with Gasteiger partial charge in [0, 0.05) is 17.4 Å². The van der Waals surface area contributed by atoms with Gasteiger partial charge in [-0.05, 0) is 12.1 Å². The first-order valence-electron chi connectivity index (χ1n) is 5.31. The number of aliphatic hydroxyl groups is 1. The van der Waals surface area contributed by atoms with Crippen LogP contribution in [0.4, 0.5) is 10.1 Å². The number of hydrogen-bond acceptors (Lipinski definition) is 3. The van der Waals surface area contributed by atoms with Crippen LogP contribution in [0.25, 0.3) is 0 Å². The van der Waals surface area contributed by atoms with E-state index >= 15 is 0 Å². The van der Waals surface area contributed by atoms with E-state index in [1.54, 1.807) is 24.3 Å². The number of anilines is 1. The highest BCUT2D eigenvalue weighted by atomic mass is 19.1. The van der Waals surface area contributed by atoms with Crippen molar-refractivity contribution < 1.29 is 14.3 Å². The maximum absolute atomic E-state index is 12.9. The van der Waals surface area contributed by atoms with Crippen LogP contribution in [0.2, 0.25) is 0 Å². The summed E-state index contributed by atoms with van der Waals surface area (Å²) in [5.74, 6) is -1.04. The Labute approximate surface area is 103 Å². The lowest BCUT2D eigenvalue weighted by molar-refractivity contribution is 0.102. The first-order chi connectivity index (χ1) is 8.70. The molecule has 5 heteroatoms. The van der Waals surface area contributed by atoms with Gasteiger partial charge in [-0.2, -0.15) is 0 Å². The molecule has 0 radical (unpaired) electrons. The predicted molar refractivity (Wildman–Crippen MR) is 64.5 cm³/mol. The van der Waals surface area contributed by atoms with Gasteiger partial charge >= 0.3 is 0 Å². The van der Waals surface area contributed by atoms with Crippen molar-refractivity contribution in [3.8, 4) is 0 Å². The van der Waals surface area contributed by atoms with Crippen LogP contribution in [0.5, 0.6) is 0 Å². The predicted octanol–water partition coefficient (Wildman–Crippen LogP) is 1.97. The summed E-state index contributed by atoms with van der Waals surface area (Å²) in [5.41, 5.74) is 1.22. The largest absolute Gasteiger partial charge is 0.392 e. The van der Waals surface area contributed by atoms with Crippen LogP contribution in [0.15, 0.2) is 42.7 Å². The normalized spacial score (nSPS) is 10.1. The molecule has 1 amide bonds. The topological polar surface area (TPSA) is 62.2 Å². The van der Waals surface area contributed by atoms with Gasteiger partial charge in [0.2, 0.25) is 0 Å². The molecule has 0 fully saturated rings. The second-order valence-electron chi connectivity index (χ2n) is 3.66. The van der Waals surface area contributed by atoms with Crippen LogP contribution in [0.3, 0.4) is 0 Å². The summed E-state index contributed by atoms with van der Waals surface area (Å²) in [6.07, 6.45) is 2.30. The van der Waals surface area contributed by atoms with Gasteiger partial charge in [0.15, 0.2) is 0 Å². The van der Waals surface area contributed by atoms with E-state index in [4.69, 9.17) is 5.11 Å². The van der Waals surface area contributed by atoms with Gasteiger partial charge in [-0.3, -0.25) is 9.78 Å². The summed E-state index contributed by atoms with van der Waals surface area (Å²) in [5, 5.41) is 11.7. The number of nitrogens with one attached hydrogen (secondary N) is 1. The molecule has 0 aliphatic carbocycles. The maximum Gasteiger partial charge on any atom is 0.257 e. The molecule has 1 heterocycles. The number of aromatic nitrogens is 1. The van der Waals surface area contributed by atoms with Crippen LogP contribution < -0.4 is 5.32 Å². The number of aliphatic hydroxyl groups excluding tert-OH is 1. The number of benzene rings is 1. The second kappa shape index (κ2) is 5.37. The molecule has 2 aromatic rings. The molecule has 0 saturated heterocycles. The number of pyridine rings is 1. The van der Waals surface area contributed by atoms with Gasteiger partial charge in [0.1, 0.15) is 5.82 Å². The molecule has 2 rings (SSSR count). The molecular weight excluding hydrogens is 235 g/mol. The highest BCUT2D eigenvalue weighted by Gasteiger charge is 2.09. The SMILES string of the molecule is O=C(Nc1ccccc1CO)c1cncc(F)c1. The molecule has 0 spiro atoms.